The number of pyridine rings is 1. The third-order valence-corrected chi connectivity index (χ3v) is 1.16. The number of rotatable bonds is 2. The van der Waals surface area contributed by atoms with Gasteiger partial charge in [-0.15, -0.1) is 6.42 Å². The summed E-state index contributed by atoms with van der Waals surface area (Å²) in [7, 11) is 0. The summed E-state index contributed by atoms with van der Waals surface area (Å²) in [5.41, 5.74) is 6.07. The van der Waals surface area contributed by atoms with Crippen LogP contribution in [0.3, 0.4) is 0 Å². The summed E-state index contributed by atoms with van der Waals surface area (Å²) >= 11 is 0. The molecule has 1 aromatic rings. The van der Waals surface area contributed by atoms with Crippen LogP contribution in [0.1, 0.15) is 0 Å². The van der Waals surface area contributed by atoms with E-state index in [0.29, 0.717) is 12.2 Å². The molecule has 0 spiro atoms. The van der Waals surface area contributed by atoms with Gasteiger partial charge in [-0.05, 0) is 12.1 Å². The second-order valence-corrected chi connectivity index (χ2v) is 2.03. The van der Waals surface area contributed by atoms with Gasteiger partial charge in [0.15, 0.2) is 0 Å². The second kappa shape index (κ2) is 3.47. The van der Waals surface area contributed by atoms with Gasteiger partial charge in [0.1, 0.15) is 5.82 Å². The van der Waals surface area contributed by atoms with E-state index in [-0.39, 0.29) is 0 Å². The fourth-order valence-electron chi connectivity index (χ4n) is 0.651. The molecular formula is C8H9N3. The molecule has 3 nitrogen and oxygen atoms in total. The van der Waals surface area contributed by atoms with Crippen molar-refractivity contribution in [1.82, 2.24) is 4.98 Å². The van der Waals surface area contributed by atoms with Crippen LogP contribution in [0, 0.1) is 12.3 Å². The number of nitrogens with zero attached hydrogens (tertiary/aromatic N) is 1. The summed E-state index contributed by atoms with van der Waals surface area (Å²) in [5, 5.41) is 2.92. The highest BCUT2D eigenvalue weighted by atomic mass is 15.0. The Labute approximate surface area is 65.6 Å². The van der Waals surface area contributed by atoms with E-state index in [4.69, 9.17) is 12.2 Å². The topological polar surface area (TPSA) is 50.9 Å². The van der Waals surface area contributed by atoms with E-state index in [0.717, 1.165) is 5.82 Å². The standard InChI is InChI=1S/C8H9N3/c1-2-5-10-8-4-3-7(9)6-11-8/h1,3-4,6H,5,9H2,(H,10,11). The zero-order valence-electron chi connectivity index (χ0n) is 6.04. The third kappa shape index (κ3) is 2.18. The number of terminal acetylenes is 1. The van der Waals surface area contributed by atoms with Crippen LogP contribution in [0.25, 0.3) is 0 Å². The Hall–Kier alpha value is -1.69. The van der Waals surface area contributed by atoms with E-state index in [1.165, 1.54) is 0 Å². The van der Waals surface area contributed by atoms with Crippen LogP contribution < -0.4 is 11.1 Å². The summed E-state index contributed by atoms with van der Waals surface area (Å²) in [6, 6.07) is 3.55. The average molecular weight is 147 g/mol. The molecule has 0 atom stereocenters. The average Bonchev–Trinajstić information content (AvgIpc) is 2.04. The monoisotopic (exact) mass is 147 g/mol. The first kappa shape index (κ1) is 7.42. The summed E-state index contributed by atoms with van der Waals surface area (Å²) < 4.78 is 0. The van der Waals surface area contributed by atoms with Crippen LogP contribution in [-0.4, -0.2) is 11.5 Å². The van der Waals surface area contributed by atoms with Crippen molar-refractivity contribution in [3.8, 4) is 12.3 Å². The fraction of sp³-hybridized carbons (Fsp3) is 0.125. The van der Waals surface area contributed by atoms with Crippen LogP contribution in [-0.2, 0) is 0 Å². The maximum Gasteiger partial charge on any atom is 0.126 e. The summed E-state index contributed by atoms with van der Waals surface area (Å²) in [5.74, 6) is 3.20. The van der Waals surface area contributed by atoms with Crippen LogP contribution in [0.2, 0.25) is 0 Å². The van der Waals surface area contributed by atoms with E-state index in [2.05, 4.69) is 16.2 Å². The maximum atomic E-state index is 5.42. The van der Waals surface area contributed by atoms with E-state index >= 15 is 0 Å². The van der Waals surface area contributed by atoms with Crippen molar-refractivity contribution >= 4 is 11.5 Å². The molecule has 1 aromatic heterocycles. The number of nitrogens with two attached hydrogens (primary N) is 1. The van der Waals surface area contributed by atoms with Crippen LogP contribution in [0.5, 0.6) is 0 Å². The Morgan fingerprint density at radius 2 is 2.45 bits per heavy atom. The SMILES string of the molecule is C#CCNc1ccc(N)cn1. The molecule has 0 fully saturated rings. The number of nitrogen functional groups attached to an aromatic ring is 1. The molecule has 1 rings (SSSR count). The maximum absolute atomic E-state index is 5.42. The molecule has 0 aliphatic carbocycles. The second-order valence-electron chi connectivity index (χ2n) is 2.03. The number of hydrogen-bond acceptors (Lipinski definition) is 3. The fourth-order valence-corrected chi connectivity index (χ4v) is 0.651. The lowest BCUT2D eigenvalue weighted by Crippen LogP contribution is -2.00. The summed E-state index contributed by atoms with van der Waals surface area (Å²) in [4.78, 5) is 3.98. The minimum absolute atomic E-state index is 0.483. The summed E-state index contributed by atoms with van der Waals surface area (Å²) in [6.45, 7) is 0.483. The van der Waals surface area contributed by atoms with Gasteiger partial charge in [-0.1, -0.05) is 5.92 Å². The lowest BCUT2D eigenvalue weighted by molar-refractivity contribution is 1.25. The van der Waals surface area contributed by atoms with Gasteiger partial charge in [-0.25, -0.2) is 4.98 Å². The van der Waals surface area contributed by atoms with Crippen LogP contribution in [0.4, 0.5) is 11.5 Å². The smallest absolute Gasteiger partial charge is 0.126 e. The third-order valence-electron chi connectivity index (χ3n) is 1.16. The van der Waals surface area contributed by atoms with Crippen molar-refractivity contribution < 1.29 is 0 Å². The molecule has 0 aliphatic heterocycles. The van der Waals surface area contributed by atoms with Gasteiger partial charge >= 0.3 is 0 Å². The lowest BCUT2D eigenvalue weighted by atomic mass is 10.4. The predicted octanol–water partition coefficient (Wildman–Crippen LogP) is 0.709. The first-order valence-corrected chi connectivity index (χ1v) is 3.22. The van der Waals surface area contributed by atoms with Gasteiger partial charge in [-0.3, -0.25) is 0 Å². The van der Waals surface area contributed by atoms with E-state index < -0.39 is 0 Å². The highest BCUT2D eigenvalue weighted by Gasteiger charge is 1.88. The van der Waals surface area contributed by atoms with E-state index in [1.807, 2.05) is 0 Å². The van der Waals surface area contributed by atoms with Gasteiger partial charge in [0.05, 0.1) is 18.4 Å². The molecule has 1 heterocycles. The minimum atomic E-state index is 0.483. The first-order chi connectivity index (χ1) is 5.33. The molecule has 0 aliphatic rings. The van der Waals surface area contributed by atoms with Crippen molar-refractivity contribution in [2.24, 2.45) is 0 Å². The van der Waals surface area contributed by atoms with Crippen LogP contribution >= 0.6 is 0 Å². The molecular weight excluding hydrogens is 138 g/mol. The van der Waals surface area contributed by atoms with Gasteiger partial charge in [0.2, 0.25) is 0 Å². The molecule has 56 valence electrons. The van der Waals surface area contributed by atoms with E-state index in [1.54, 1.807) is 18.3 Å². The zero-order chi connectivity index (χ0) is 8.10. The molecule has 0 bridgehead atoms. The Morgan fingerprint density at radius 1 is 1.64 bits per heavy atom. The molecule has 3 N–H and O–H groups in total. The summed E-state index contributed by atoms with van der Waals surface area (Å²) in [6.07, 6.45) is 6.62. The molecule has 0 unspecified atom stereocenters. The highest BCUT2D eigenvalue weighted by molar-refractivity contribution is 5.44. The van der Waals surface area contributed by atoms with Crippen molar-refractivity contribution in [2.75, 3.05) is 17.6 Å². The van der Waals surface area contributed by atoms with Crippen molar-refractivity contribution in [3.63, 3.8) is 0 Å². The Bertz CT molecular complexity index is 258. The molecule has 0 amide bonds. The minimum Gasteiger partial charge on any atom is -0.397 e. The number of hydrogen-bond donors (Lipinski definition) is 2. The molecule has 0 saturated heterocycles. The largest absolute Gasteiger partial charge is 0.397 e. The van der Waals surface area contributed by atoms with E-state index in [9.17, 15) is 0 Å². The molecule has 0 radical (unpaired) electrons. The Morgan fingerprint density at radius 3 is 3.00 bits per heavy atom. The normalized spacial score (nSPS) is 8.64. The quantitative estimate of drug-likeness (QED) is 0.606. The Balaban J connectivity index is 2.60. The van der Waals surface area contributed by atoms with Gasteiger partial charge in [-0.2, -0.15) is 0 Å². The van der Waals surface area contributed by atoms with Gasteiger partial charge < -0.3 is 11.1 Å². The number of anilines is 2. The highest BCUT2D eigenvalue weighted by Crippen LogP contribution is 2.04. The molecule has 3 heteroatoms. The van der Waals surface area contributed by atoms with Crippen molar-refractivity contribution in [3.05, 3.63) is 18.3 Å². The first-order valence-electron chi connectivity index (χ1n) is 3.22. The Kier molecular flexibility index (Phi) is 2.34. The number of nitrogens with one attached hydrogen (secondary N) is 1. The van der Waals surface area contributed by atoms with Crippen molar-refractivity contribution in [2.45, 2.75) is 0 Å². The zero-order valence-corrected chi connectivity index (χ0v) is 6.04. The van der Waals surface area contributed by atoms with Crippen LogP contribution in [0.15, 0.2) is 18.3 Å². The predicted molar refractivity (Wildman–Crippen MR) is 46.0 cm³/mol. The molecule has 0 saturated carbocycles. The lowest BCUT2D eigenvalue weighted by Gasteiger charge is -1.99. The molecule has 11 heavy (non-hydrogen) atoms. The van der Waals surface area contributed by atoms with Crippen molar-refractivity contribution in [1.29, 1.82) is 0 Å². The number of aromatic nitrogens is 1. The van der Waals surface area contributed by atoms with Gasteiger partial charge in [0.25, 0.3) is 0 Å². The molecule has 0 aromatic carbocycles. The van der Waals surface area contributed by atoms with Gasteiger partial charge in [0, 0.05) is 0 Å².